The van der Waals surface area contributed by atoms with E-state index in [0.717, 1.165) is 56.2 Å². The van der Waals surface area contributed by atoms with Crippen LogP contribution in [0.15, 0.2) is 261 Å². The lowest BCUT2D eigenvalue weighted by molar-refractivity contribution is 0.801. The summed E-state index contributed by atoms with van der Waals surface area (Å²) in [6.07, 6.45) is 0. The Morgan fingerprint density at radius 1 is 0.279 bits per heavy atom. The molecule has 0 aromatic heterocycles. The van der Waals surface area contributed by atoms with E-state index in [2.05, 4.69) is 265 Å². The van der Waals surface area contributed by atoms with Crippen molar-refractivity contribution in [3.8, 4) is 44.5 Å². The molecule has 0 bridgehead atoms. The molecule has 68 heavy (non-hydrogen) atoms. The molecular formula is C65H43ClN2. The van der Waals surface area contributed by atoms with Gasteiger partial charge < -0.3 is 9.80 Å². The molecule has 3 heteroatoms. The number of hydrogen-bond donors (Lipinski definition) is 0. The summed E-state index contributed by atoms with van der Waals surface area (Å²) in [5.41, 5.74) is 20.6. The second-order valence-corrected chi connectivity index (χ2v) is 18.2. The van der Waals surface area contributed by atoms with E-state index in [0.29, 0.717) is 5.02 Å². The van der Waals surface area contributed by atoms with Crippen LogP contribution in [0.4, 0.5) is 34.1 Å². The van der Waals surface area contributed by atoms with Crippen LogP contribution in [0.1, 0.15) is 22.3 Å². The monoisotopic (exact) mass is 886 g/mol. The summed E-state index contributed by atoms with van der Waals surface area (Å²) in [7, 11) is 0. The van der Waals surface area contributed by atoms with Gasteiger partial charge in [-0.3, -0.25) is 0 Å². The summed E-state index contributed by atoms with van der Waals surface area (Å²) in [6.45, 7) is 0. The van der Waals surface area contributed by atoms with Gasteiger partial charge in [-0.2, -0.15) is 0 Å². The van der Waals surface area contributed by atoms with Crippen LogP contribution in [0, 0.1) is 0 Å². The van der Waals surface area contributed by atoms with E-state index in [9.17, 15) is 0 Å². The standard InChI is InChI=1S/C65H43ClN2/c66-46-23-20-28-49(41-46)68(51-40-45(53-30-11-10-29-52(53)44-21-4-1-5-22-44)39-50(42-51)67(47-24-6-2-7-25-47)48-26-8-3-9-27-48)63-43-59-56-33-16-19-38-62(56)65(64(59)58-35-13-12-34-57(58)63)60-36-17-14-31-54(60)55-32-15-18-37-61(55)65/h1-43H. The highest BCUT2D eigenvalue weighted by Gasteiger charge is 2.52. The fourth-order valence-electron chi connectivity index (χ4n) is 11.4. The highest BCUT2D eigenvalue weighted by atomic mass is 35.5. The van der Waals surface area contributed by atoms with Crippen molar-refractivity contribution in [2.45, 2.75) is 5.41 Å². The van der Waals surface area contributed by atoms with E-state index in [1.54, 1.807) is 0 Å². The van der Waals surface area contributed by atoms with Crippen LogP contribution >= 0.6 is 11.6 Å². The second kappa shape index (κ2) is 16.2. The SMILES string of the molecule is Clc1cccc(N(c2cc(-c3ccccc3-c3ccccc3)cc(N(c3ccccc3)c3ccccc3)c2)c2cc3c(c4ccccc24)C2(c4ccccc4-c4ccccc42)c2ccccc2-3)c1. The highest BCUT2D eigenvalue weighted by Crippen LogP contribution is 2.65. The third kappa shape index (κ3) is 6.19. The van der Waals surface area contributed by atoms with Crippen molar-refractivity contribution >= 4 is 56.5 Å². The van der Waals surface area contributed by atoms with Crippen LogP contribution in [0.5, 0.6) is 0 Å². The summed E-state index contributed by atoms with van der Waals surface area (Å²) in [4.78, 5) is 4.80. The van der Waals surface area contributed by atoms with Crippen LogP contribution in [0.25, 0.3) is 55.3 Å². The molecule has 2 aliphatic rings. The summed E-state index contributed by atoms with van der Waals surface area (Å²) in [5, 5.41) is 3.04. The number of fused-ring (bicyclic) bond motifs is 12. The first-order valence-corrected chi connectivity index (χ1v) is 23.7. The Hall–Kier alpha value is -8.43. The van der Waals surface area contributed by atoms with E-state index in [1.807, 2.05) is 6.07 Å². The van der Waals surface area contributed by atoms with Gasteiger partial charge in [0.05, 0.1) is 11.1 Å². The third-order valence-electron chi connectivity index (χ3n) is 14.0. The molecule has 11 aromatic rings. The van der Waals surface area contributed by atoms with Gasteiger partial charge in [0.15, 0.2) is 0 Å². The first-order chi connectivity index (χ1) is 33.7. The maximum Gasteiger partial charge on any atom is 0.0731 e. The maximum atomic E-state index is 7.04. The largest absolute Gasteiger partial charge is 0.310 e. The van der Waals surface area contributed by atoms with E-state index in [4.69, 9.17) is 11.6 Å². The fourth-order valence-corrected chi connectivity index (χ4v) is 11.6. The van der Waals surface area contributed by atoms with Gasteiger partial charge >= 0.3 is 0 Å². The first-order valence-electron chi connectivity index (χ1n) is 23.3. The Balaban J connectivity index is 1.14. The van der Waals surface area contributed by atoms with E-state index < -0.39 is 5.41 Å². The molecule has 11 aromatic carbocycles. The molecule has 0 saturated carbocycles. The van der Waals surface area contributed by atoms with E-state index in [-0.39, 0.29) is 0 Å². The van der Waals surface area contributed by atoms with Gasteiger partial charge in [-0.25, -0.2) is 0 Å². The van der Waals surface area contributed by atoms with Crippen LogP contribution in [-0.2, 0) is 5.41 Å². The number of hydrogen-bond acceptors (Lipinski definition) is 2. The molecule has 320 valence electrons. The number of para-hydroxylation sites is 2. The summed E-state index contributed by atoms with van der Waals surface area (Å²) in [5.74, 6) is 0. The zero-order valence-corrected chi connectivity index (χ0v) is 37.9. The lowest BCUT2D eigenvalue weighted by atomic mass is 9.69. The normalized spacial score (nSPS) is 12.6. The average molecular weight is 888 g/mol. The molecule has 1 spiro atoms. The lowest BCUT2D eigenvalue weighted by Crippen LogP contribution is -2.26. The predicted molar refractivity (Wildman–Crippen MR) is 285 cm³/mol. The average Bonchev–Trinajstić information content (AvgIpc) is 3.87. The summed E-state index contributed by atoms with van der Waals surface area (Å²) >= 11 is 7.04. The number of rotatable bonds is 8. The maximum absolute atomic E-state index is 7.04. The zero-order valence-electron chi connectivity index (χ0n) is 37.1. The molecule has 0 heterocycles. The Morgan fingerprint density at radius 3 is 1.29 bits per heavy atom. The van der Waals surface area contributed by atoms with Crippen LogP contribution < -0.4 is 9.80 Å². The molecule has 0 radical (unpaired) electrons. The fraction of sp³-hybridized carbons (Fsp3) is 0.0154. The molecular weight excluding hydrogens is 844 g/mol. The summed E-state index contributed by atoms with van der Waals surface area (Å²) < 4.78 is 0. The van der Waals surface area contributed by atoms with Gasteiger partial charge in [0.1, 0.15) is 0 Å². The van der Waals surface area contributed by atoms with Crippen LogP contribution in [0.2, 0.25) is 5.02 Å². The Kier molecular flexibility index (Phi) is 9.49. The van der Waals surface area contributed by atoms with Gasteiger partial charge in [0.2, 0.25) is 0 Å². The summed E-state index contributed by atoms with van der Waals surface area (Å²) in [6, 6.07) is 94.9. The number of anilines is 6. The topological polar surface area (TPSA) is 6.48 Å². The minimum atomic E-state index is -0.502. The quantitative estimate of drug-likeness (QED) is 0.150. The first kappa shape index (κ1) is 39.9. The van der Waals surface area contributed by atoms with Crippen molar-refractivity contribution in [3.63, 3.8) is 0 Å². The van der Waals surface area contributed by atoms with E-state index >= 15 is 0 Å². The minimum Gasteiger partial charge on any atom is -0.310 e. The van der Waals surface area contributed by atoms with Crippen molar-refractivity contribution < 1.29 is 0 Å². The molecule has 2 nitrogen and oxygen atoms in total. The molecule has 0 unspecified atom stereocenters. The lowest BCUT2D eigenvalue weighted by Gasteiger charge is -2.33. The van der Waals surface area contributed by atoms with Crippen LogP contribution in [-0.4, -0.2) is 0 Å². The van der Waals surface area contributed by atoms with Crippen molar-refractivity contribution in [1.29, 1.82) is 0 Å². The molecule has 0 atom stereocenters. The minimum absolute atomic E-state index is 0.502. The van der Waals surface area contributed by atoms with Crippen molar-refractivity contribution in [2.75, 3.05) is 9.80 Å². The van der Waals surface area contributed by atoms with Gasteiger partial charge in [-0.05, 0) is 139 Å². The van der Waals surface area contributed by atoms with Gasteiger partial charge in [-0.1, -0.05) is 206 Å². The Bertz CT molecular complexity index is 3630. The highest BCUT2D eigenvalue weighted by molar-refractivity contribution is 6.31. The Morgan fingerprint density at radius 2 is 0.721 bits per heavy atom. The molecule has 0 saturated heterocycles. The van der Waals surface area contributed by atoms with Crippen LogP contribution in [0.3, 0.4) is 0 Å². The number of benzene rings is 11. The van der Waals surface area contributed by atoms with Crippen molar-refractivity contribution in [3.05, 3.63) is 288 Å². The molecule has 0 aliphatic heterocycles. The zero-order chi connectivity index (χ0) is 45.2. The molecule has 13 rings (SSSR count). The van der Waals surface area contributed by atoms with Gasteiger partial charge in [0, 0.05) is 38.8 Å². The third-order valence-corrected chi connectivity index (χ3v) is 14.3. The van der Waals surface area contributed by atoms with Crippen molar-refractivity contribution in [2.24, 2.45) is 0 Å². The molecule has 2 aliphatic carbocycles. The predicted octanol–water partition coefficient (Wildman–Crippen LogP) is 18.1. The number of nitrogens with zero attached hydrogens (tertiary/aromatic N) is 2. The van der Waals surface area contributed by atoms with Gasteiger partial charge in [-0.15, -0.1) is 0 Å². The Labute approximate surface area is 402 Å². The van der Waals surface area contributed by atoms with Gasteiger partial charge in [0.25, 0.3) is 0 Å². The molecule has 0 amide bonds. The van der Waals surface area contributed by atoms with Crippen molar-refractivity contribution in [1.82, 2.24) is 0 Å². The van der Waals surface area contributed by atoms with E-state index in [1.165, 1.54) is 55.5 Å². The molecule has 0 N–H and O–H groups in total. The molecule has 0 fully saturated rings. The second-order valence-electron chi connectivity index (χ2n) is 17.7. The number of halogens is 1. The smallest absolute Gasteiger partial charge is 0.0731 e.